The lowest BCUT2D eigenvalue weighted by atomic mass is 9.94. The Morgan fingerprint density at radius 1 is 0.930 bits per heavy atom. The van der Waals surface area contributed by atoms with Gasteiger partial charge in [-0.3, -0.25) is 34.3 Å². The molecule has 1 aromatic heterocycles. The number of piperazine rings is 1. The highest BCUT2D eigenvalue weighted by Gasteiger charge is 2.45. The van der Waals surface area contributed by atoms with Crippen molar-refractivity contribution in [3.05, 3.63) is 94.2 Å². The number of imide groups is 2. The van der Waals surface area contributed by atoms with Crippen LogP contribution in [-0.4, -0.2) is 118 Å². The number of aromatic nitrogens is 2. The summed E-state index contributed by atoms with van der Waals surface area (Å²) >= 11 is 0. The molecular formula is C41H47N11O5. The molecule has 16 nitrogen and oxygen atoms in total. The quantitative estimate of drug-likeness (QED) is 0.213. The minimum Gasteiger partial charge on any atom is -0.507 e. The van der Waals surface area contributed by atoms with Crippen LogP contribution in [0, 0.1) is 5.92 Å². The van der Waals surface area contributed by atoms with Crippen molar-refractivity contribution in [1.82, 2.24) is 35.3 Å². The van der Waals surface area contributed by atoms with E-state index in [4.69, 9.17) is 21.4 Å². The first-order valence-corrected chi connectivity index (χ1v) is 19.8. The van der Waals surface area contributed by atoms with E-state index in [1.807, 2.05) is 24.4 Å². The van der Waals surface area contributed by atoms with Crippen molar-refractivity contribution in [2.24, 2.45) is 17.4 Å². The van der Waals surface area contributed by atoms with Crippen molar-refractivity contribution >= 4 is 41.0 Å². The van der Waals surface area contributed by atoms with Crippen LogP contribution in [0.4, 0.5) is 11.6 Å². The van der Waals surface area contributed by atoms with E-state index < -0.39 is 29.7 Å². The van der Waals surface area contributed by atoms with Gasteiger partial charge < -0.3 is 36.6 Å². The molecule has 7 N–H and O–H groups in total. The van der Waals surface area contributed by atoms with E-state index in [2.05, 4.69) is 30.2 Å². The molecule has 3 aromatic rings. The maximum atomic E-state index is 13.4. The van der Waals surface area contributed by atoms with E-state index in [0.717, 1.165) is 99.5 Å². The van der Waals surface area contributed by atoms with E-state index in [1.54, 1.807) is 30.3 Å². The van der Waals surface area contributed by atoms with Crippen LogP contribution < -0.4 is 31.9 Å². The molecule has 296 valence electrons. The Kier molecular flexibility index (Phi) is 9.43. The zero-order valence-corrected chi connectivity index (χ0v) is 31.7. The topological polar surface area (TPSA) is 207 Å². The van der Waals surface area contributed by atoms with Gasteiger partial charge in [-0.25, -0.2) is 9.97 Å². The van der Waals surface area contributed by atoms with Crippen LogP contribution in [0.25, 0.3) is 5.70 Å². The zero-order valence-electron chi connectivity index (χ0n) is 31.7. The monoisotopic (exact) mass is 773 g/mol. The number of benzene rings is 2. The SMILES string of the molecule is NC1=C(/C=C(\N)c2ccccc2O)N2CCN(c3ncc4c(n3)CN(CC3CCN(c5ccc6c(c5)C(=O)N(C5CCC(=O)NC5=O)C6=O)CC3)CC4)CC2CN1. The number of nitrogens with two attached hydrogens (primary N) is 2. The lowest BCUT2D eigenvalue weighted by Gasteiger charge is -2.46. The fourth-order valence-corrected chi connectivity index (χ4v) is 9.15. The van der Waals surface area contributed by atoms with Crippen LogP contribution in [0.15, 0.2) is 66.3 Å². The summed E-state index contributed by atoms with van der Waals surface area (Å²) in [5, 5.41) is 15.9. The van der Waals surface area contributed by atoms with Crippen LogP contribution in [-0.2, 0) is 22.6 Å². The molecule has 6 aliphatic rings. The highest BCUT2D eigenvalue weighted by molar-refractivity contribution is 6.23. The standard InChI is InChI=1S/C41H47N11O5/c42-31(29-3-1-2-4-35(29)53)18-34-37(43)44-20-27-22-50(15-16-51(27)34)41-45-19-25-11-12-48(23-32(25)46-41)21-24-9-13-49(14-10-24)26-5-6-28-30(17-26)40(57)52(39(28)56)33-7-8-36(54)47-38(33)55/h1-6,17-19,24,27,33,44,53H,7-16,20-23,42-43H2,(H,47,54,55)/b31-18-. The fraction of sp³-hybridized carbons (Fsp3) is 0.415. The number of piperidine rings is 2. The Hall–Kier alpha value is -6.16. The summed E-state index contributed by atoms with van der Waals surface area (Å²) < 4.78 is 0. The Bertz CT molecular complexity index is 2220. The molecule has 57 heavy (non-hydrogen) atoms. The van der Waals surface area contributed by atoms with Crippen LogP contribution in [0.2, 0.25) is 0 Å². The molecule has 0 bridgehead atoms. The lowest BCUT2D eigenvalue weighted by Crippen LogP contribution is -2.59. The highest BCUT2D eigenvalue weighted by atomic mass is 16.3. The molecule has 3 fully saturated rings. The summed E-state index contributed by atoms with van der Waals surface area (Å²) in [5.41, 5.74) is 18.5. The van der Waals surface area contributed by atoms with Gasteiger partial charge in [0.1, 0.15) is 17.6 Å². The zero-order chi connectivity index (χ0) is 39.4. The number of nitrogens with zero attached hydrogens (tertiary/aromatic N) is 7. The molecule has 3 saturated heterocycles. The van der Waals surface area contributed by atoms with E-state index in [9.17, 15) is 24.3 Å². The number of para-hydroxylation sites is 1. The number of amides is 4. The second kappa shape index (κ2) is 14.7. The molecule has 9 rings (SSSR count). The van der Waals surface area contributed by atoms with Gasteiger partial charge in [-0.15, -0.1) is 0 Å². The third kappa shape index (κ3) is 6.87. The summed E-state index contributed by atoms with van der Waals surface area (Å²) in [5.74, 6) is -0.0263. The number of fused-ring (bicyclic) bond motifs is 3. The van der Waals surface area contributed by atoms with Gasteiger partial charge in [0.15, 0.2) is 0 Å². The first kappa shape index (κ1) is 36.5. The molecule has 0 spiro atoms. The van der Waals surface area contributed by atoms with Gasteiger partial charge in [0, 0.05) is 88.5 Å². The van der Waals surface area contributed by atoms with Gasteiger partial charge in [-0.1, -0.05) is 12.1 Å². The first-order valence-electron chi connectivity index (χ1n) is 19.8. The lowest BCUT2D eigenvalue weighted by molar-refractivity contribution is -0.136. The molecule has 6 aliphatic heterocycles. The van der Waals surface area contributed by atoms with Crippen molar-refractivity contribution in [2.45, 2.75) is 50.7 Å². The van der Waals surface area contributed by atoms with Crippen molar-refractivity contribution in [1.29, 1.82) is 0 Å². The van der Waals surface area contributed by atoms with Crippen molar-refractivity contribution in [3.8, 4) is 5.75 Å². The number of nitrogens with one attached hydrogen (secondary N) is 2. The van der Waals surface area contributed by atoms with Crippen LogP contribution in [0.1, 0.15) is 63.2 Å². The van der Waals surface area contributed by atoms with Crippen molar-refractivity contribution < 1.29 is 24.3 Å². The highest BCUT2D eigenvalue weighted by Crippen LogP contribution is 2.33. The molecule has 16 heteroatoms. The second-order valence-electron chi connectivity index (χ2n) is 15.8. The number of hydrogen-bond donors (Lipinski definition) is 5. The predicted octanol–water partition coefficient (Wildman–Crippen LogP) is 1.08. The molecule has 4 amide bonds. The number of carbonyl (C=O) groups is 4. The van der Waals surface area contributed by atoms with E-state index in [0.29, 0.717) is 40.7 Å². The third-order valence-corrected chi connectivity index (χ3v) is 12.3. The minimum atomic E-state index is -0.974. The van der Waals surface area contributed by atoms with Crippen molar-refractivity contribution in [2.75, 3.05) is 62.2 Å². The van der Waals surface area contributed by atoms with Gasteiger partial charge in [0.05, 0.1) is 28.6 Å². The summed E-state index contributed by atoms with van der Waals surface area (Å²) in [6.45, 7) is 7.24. The minimum absolute atomic E-state index is 0.0917. The summed E-state index contributed by atoms with van der Waals surface area (Å²) in [7, 11) is 0. The van der Waals surface area contributed by atoms with Gasteiger partial charge in [0.2, 0.25) is 17.8 Å². The number of allylic oxidation sites excluding steroid dienone is 1. The van der Waals surface area contributed by atoms with Gasteiger partial charge in [0.25, 0.3) is 11.8 Å². The molecule has 2 atom stereocenters. The molecular weight excluding hydrogens is 727 g/mol. The summed E-state index contributed by atoms with van der Waals surface area (Å²) in [6.07, 6.45) is 6.97. The van der Waals surface area contributed by atoms with Gasteiger partial charge >= 0.3 is 0 Å². The van der Waals surface area contributed by atoms with E-state index in [-0.39, 0.29) is 24.6 Å². The second-order valence-corrected chi connectivity index (χ2v) is 15.8. The van der Waals surface area contributed by atoms with Gasteiger partial charge in [-0.05, 0) is 73.6 Å². The smallest absolute Gasteiger partial charge is 0.262 e. The van der Waals surface area contributed by atoms with Crippen LogP contribution in [0.3, 0.4) is 0 Å². The third-order valence-electron chi connectivity index (χ3n) is 12.3. The number of hydrogen-bond acceptors (Lipinski definition) is 14. The average Bonchev–Trinajstić information content (AvgIpc) is 3.46. The number of phenols is 1. The number of aromatic hydroxyl groups is 1. The molecule has 0 aliphatic carbocycles. The molecule has 0 saturated carbocycles. The predicted molar refractivity (Wildman–Crippen MR) is 211 cm³/mol. The number of phenolic OH excluding ortho intramolecular Hbond substituents is 1. The molecule has 2 unspecified atom stereocenters. The Labute approximate surface area is 330 Å². The number of rotatable bonds is 7. The molecule has 0 radical (unpaired) electrons. The van der Waals surface area contributed by atoms with Crippen LogP contribution >= 0.6 is 0 Å². The Morgan fingerprint density at radius 2 is 1.74 bits per heavy atom. The molecule has 7 heterocycles. The normalized spacial score (nSPS) is 23.3. The average molecular weight is 774 g/mol. The Balaban J connectivity index is 0.798. The number of carbonyl (C=O) groups excluding carboxylic acids is 4. The number of anilines is 2. The maximum Gasteiger partial charge on any atom is 0.262 e. The molecule has 2 aromatic carbocycles. The van der Waals surface area contributed by atoms with E-state index in [1.165, 1.54) is 5.56 Å². The van der Waals surface area contributed by atoms with E-state index >= 15 is 0 Å². The van der Waals surface area contributed by atoms with Gasteiger partial charge in [-0.2, -0.15) is 0 Å². The summed E-state index contributed by atoms with van der Waals surface area (Å²) in [6, 6.07) is 11.5. The fourth-order valence-electron chi connectivity index (χ4n) is 9.15. The summed E-state index contributed by atoms with van der Waals surface area (Å²) in [4.78, 5) is 70.9. The largest absolute Gasteiger partial charge is 0.507 e. The first-order chi connectivity index (χ1) is 27.6. The van der Waals surface area contributed by atoms with Crippen molar-refractivity contribution in [3.63, 3.8) is 0 Å². The Morgan fingerprint density at radius 3 is 2.54 bits per heavy atom. The maximum absolute atomic E-state index is 13.4. The van der Waals surface area contributed by atoms with Crippen LogP contribution in [0.5, 0.6) is 5.75 Å².